The number of anilines is 3. The number of hydrogen-bond acceptors (Lipinski definition) is 8. The number of aromatic nitrogens is 4. The molecule has 3 aromatic rings. The Morgan fingerprint density at radius 3 is 2.68 bits per heavy atom. The molecule has 34 heavy (non-hydrogen) atoms. The normalized spacial score (nSPS) is 23.5. The summed E-state index contributed by atoms with van der Waals surface area (Å²) in [5, 5.41) is 13.1. The molecule has 2 fully saturated rings. The van der Waals surface area contributed by atoms with E-state index in [0.717, 1.165) is 48.8 Å². The van der Waals surface area contributed by atoms with Crippen LogP contribution in [0.4, 0.5) is 17.5 Å². The van der Waals surface area contributed by atoms with E-state index in [-0.39, 0.29) is 0 Å². The molecule has 0 aromatic carbocycles. The van der Waals surface area contributed by atoms with Crippen molar-refractivity contribution < 1.29 is 4.74 Å². The Bertz CT molecular complexity index is 1140. The highest BCUT2D eigenvalue weighted by Gasteiger charge is 2.26. The SMILES string of the molecule is CN(C)C1CCC(Nc2nc(Nc3cnn(C4CCOCC4)c3)nc3sc4c(c23)CCC4)CC1. The summed E-state index contributed by atoms with van der Waals surface area (Å²) >= 11 is 1.85. The van der Waals surface area contributed by atoms with Gasteiger partial charge in [-0.1, -0.05) is 0 Å². The third-order valence-electron chi connectivity index (χ3n) is 7.76. The topological polar surface area (TPSA) is 80.1 Å². The highest BCUT2D eigenvalue weighted by Crippen LogP contribution is 2.41. The fourth-order valence-electron chi connectivity index (χ4n) is 5.77. The maximum absolute atomic E-state index is 5.50. The predicted octanol–water partition coefficient (Wildman–Crippen LogP) is 4.76. The molecule has 0 spiro atoms. The molecule has 1 aliphatic heterocycles. The molecule has 0 radical (unpaired) electrons. The number of ether oxygens (including phenoxy) is 1. The fourth-order valence-corrected chi connectivity index (χ4v) is 7.03. The van der Waals surface area contributed by atoms with Crippen LogP contribution in [0.15, 0.2) is 12.4 Å². The number of nitrogens with zero attached hydrogens (tertiary/aromatic N) is 5. The minimum atomic E-state index is 0.405. The van der Waals surface area contributed by atoms with Gasteiger partial charge in [-0.25, -0.2) is 4.98 Å². The van der Waals surface area contributed by atoms with Crippen LogP contribution in [0.1, 0.15) is 61.4 Å². The van der Waals surface area contributed by atoms with Crippen LogP contribution in [-0.4, -0.2) is 64.0 Å². The molecule has 2 N–H and O–H groups in total. The van der Waals surface area contributed by atoms with Gasteiger partial charge in [-0.05, 0) is 77.4 Å². The third kappa shape index (κ3) is 4.41. The van der Waals surface area contributed by atoms with E-state index in [1.54, 1.807) is 0 Å². The molecule has 2 aliphatic carbocycles. The van der Waals surface area contributed by atoms with Crippen molar-refractivity contribution >= 4 is 39.0 Å². The second-order valence-corrected chi connectivity index (χ2v) is 11.3. The second kappa shape index (κ2) is 9.43. The maximum atomic E-state index is 5.50. The average Bonchev–Trinajstić information content (AvgIpc) is 3.56. The van der Waals surface area contributed by atoms with Crippen molar-refractivity contribution in [3.63, 3.8) is 0 Å². The van der Waals surface area contributed by atoms with Crippen LogP contribution >= 0.6 is 11.3 Å². The van der Waals surface area contributed by atoms with Gasteiger partial charge in [-0.3, -0.25) is 4.68 Å². The lowest BCUT2D eigenvalue weighted by atomic mass is 9.90. The Balaban J connectivity index is 1.25. The molecule has 0 bridgehead atoms. The molecule has 0 atom stereocenters. The van der Waals surface area contributed by atoms with Gasteiger partial charge < -0.3 is 20.3 Å². The maximum Gasteiger partial charge on any atom is 0.230 e. The molecule has 1 saturated heterocycles. The molecular formula is C25H35N7OS. The quantitative estimate of drug-likeness (QED) is 0.526. The third-order valence-corrected chi connectivity index (χ3v) is 8.94. The zero-order valence-corrected chi connectivity index (χ0v) is 21.0. The lowest BCUT2D eigenvalue weighted by Crippen LogP contribution is -2.36. The summed E-state index contributed by atoms with van der Waals surface area (Å²) in [7, 11) is 4.40. The molecular weight excluding hydrogens is 446 g/mol. The summed E-state index contributed by atoms with van der Waals surface area (Å²) in [5.41, 5.74) is 2.41. The van der Waals surface area contributed by atoms with Crippen LogP contribution in [0.25, 0.3) is 10.2 Å². The number of hydrogen-bond donors (Lipinski definition) is 2. The van der Waals surface area contributed by atoms with Gasteiger partial charge in [0.05, 0.1) is 23.3 Å². The molecule has 3 aliphatic rings. The van der Waals surface area contributed by atoms with Gasteiger partial charge >= 0.3 is 0 Å². The Morgan fingerprint density at radius 1 is 1.06 bits per heavy atom. The van der Waals surface area contributed by atoms with Gasteiger partial charge in [0.25, 0.3) is 0 Å². The van der Waals surface area contributed by atoms with Crippen molar-refractivity contribution in [2.75, 3.05) is 37.9 Å². The lowest BCUT2D eigenvalue weighted by Gasteiger charge is -2.33. The summed E-state index contributed by atoms with van der Waals surface area (Å²) in [4.78, 5) is 14.9. The van der Waals surface area contributed by atoms with Crippen LogP contribution in [0.3, 0.4) is 0 Å². The second-order valence-electron chi connectivity index (χ2n) is 10.2. The summed E-state index contributed by atoms with van der Waals surface area (Å²) in [5.74, 6) is 1.67. The zero-order chi connectivity index (χ0) is 23.1. The molecule has 6 rings (SSSR count). The molecule has 0 amide bonds. The van der Waals surface area contributed by atoms with Crippen molar-refractivity contribution in [3.8, 4) is 0 Å². The number of thiophene rings is 1. The largest absolute Gasteiger partial charge is 0.381 e. The smallest absolute Gasteiger partial charge is 0.230 e. The number of aryl methyl sites for hydroxylation is 2. The van der Waals surface area contributed by atoms with Gasteiger partial charge in [-0.2, -0.15) is 10.1 Å². The number of fused-ring (bicyclic) bond motifs is 3. The Morgan fingerprint density at radius 2 is 1.88 bits per heavy atom. The summed E-state index contributed by atoms with van der Waals surface area (Å²) in [6.45, 7) is 1.61. The Hall–Kier alpha value is -2.23. The van der Waals surface area contributed by atoms with Gasteiger partial charge in [-0.15, -0.1) is 11.3 Å². The number of nitrogens with one attached hydrogen (secondary N) is 2. The summed E-state index contributed by atoms with van der Waals surface area (Å²) in [6, 6.07) is 1.57. The predicted molar refractivity (Wildman–Crippen MR) is 137 cm³/mol. The van der Waals surface area contributed by atoms with Crippen molar-refractivity contribution in [2.24, 2.45) is 0 Å². The van der Waals surface area contributed by atoms with E-state index < -0.39 is 0 Å². The molecule has 9 heteroatoms. The van der Waals surface area contributed by atoms with Gasteiger partial charge in [0.2, 0.25) is 5.95 Å². The van der Waals surface area contributed by atoms with Crippen LogP contribution < -0.4 is 10.6 Å². The van der Waals surface area contributed by atoms with E-state index in [9.17, 15) is 0 Å². The van der Waals surface area contributed by atoms with Crippen molar-refractivity contribution in [1.82, 2.24) is 24.6 Å². The summed E-state index contributed by atoms with van der Waals surface area (Å²) < 4.78 is 7.56. The minimum Gasteiger partial charge on any atom is -0.381 e. The van der Waals surface area contributed by atoms with Crippen LogP contribution in [0.2, 0.25) is 0 Å². The minimum absolute atomic E-state index is 0.405. The summed E-state index contributed by atoms with van der Waals surface area (Å²) in [6.07, 6.45) is 14.4. The van der Waals surface area contributed by atoms with E-state index in [1.165, 1.54) is 54.4 Å². The molecule has 4 heterocycles. The standard InChI is InChI=1S/C25H35N7OS/c1-31(2)18-8-6-16(7-9-18)27-23-22-20-4-3-5-21(20)34-24(22)30-25(29-23)28-17-14-26-32(15-17)19-10-12-33-13-11-19/h14-16,18-19H,3-13H2,1-2H3,(H2,27,28,29,30). The fraction of sp³-hybridized carbons (Fsp3) is 0.640. The van der Waals surface area contributed by atoms with Crippen LogP contribution in [-0.2, 0) is 17.6 Å². The van der Waals surface area contributed by atoms with E-state index in [2.05, 4.69) is 45.6 Å². The van der Waals surface area contributed by atoms with Gasteiger partial charge in [0.15, 0.2) is 0 Å². The van der Waals surface area contributed by atoms with Crippen molar-refractivity contribution in [2.45, 2.75) is 75.9 Å². The van der Waals surface area contributed by atoms with E-state index in [1.807, 2.05) is 17.5 Å². The van der Waals surface area contributed by atoms with Crippen LogP contribution in [0, 0.1) is 0 Å². The van der Waals surface area contributed by atoms with E-state index in [0.29, 0.717) is 24.1 Å². The monoisotopic (exact) mass is 481 g/mol. The van der Waals surface area contributed by atoms with Crippen molar-refractivity contribution in [1.29, 1.82) is 0 Å². The molecule has 0 unspecified atom stereocenters. The molecule has 182 valence electrons. The highest BCUT2D eigenvalue weighted by molar-refractivity contribution is 7.19. The Kier molecular flexibility index (Phi) is 6.17. The van der Waals surface area contributed by atoms with E-state index in [4.69, 9.17) is 14.7 Å². The zero-order valence-electron chi connectivity index (χ0n) is 20.2. The van der Waals surface area contributed by atoms with Crippen LogP contribution in [0.5, 0.6) is 0 Å². The first-order chi connectivity index (χ1) is 16.6. The van der Waals surface area contributed by atoms with E-state index >= 15 is 0 Å². The highest BCUT2D eigenvalue weighted by atomic mass is 32.1. The molecule has 8 nitrogen and oxygen atoms in total. The molecule has 3 aromatic heterocycles. The number of rotatable bonds is 6. The first kappa shape index (κ1) is 22.2. The first-order valence-electron chi connectivity index (χ1n) is 12.8. The first-order valence-corrected chi connectivity index (χ1v) is 13.6. The Labute approximate surface area is 205 Å². The van der Waals surface area contributed by atoms with Gasteiger partial charge in [0, 0.05) is 36.4 Å². The lowest BCUT2D eigenvalue weighted by molar-refractivity contribution is 0.0662. The van der Waals surface area contributed by atoms with Crippen molar-refractivity contribution in [3.05, 3.63) is 22.8 Å². The van der Waals surface area contributed by atoms with Gasteiger partial charge in [0.1, 0.15) is 10.6 Å². The average molecular weight is 482 g/mol. The molecule has 1 saturated carbocycles.